The molecule has 0 aromatic heterocycles. The molecule has 0 bridgehead atoms. The second kappa shape index (κ2) is 7.13. The molecule has 0 radical (unpaired) electrons. The zero-order valence-corrected chi connectivity index (χ0v) is 12.0. The molecule has 114 valence electrons. The maximum Gasteiger partial charge on any atom is 0.335 e. The number of amides is 3. The average Bonchev–Trinajstić information content (AvgIpc) is 2.44. The van der Waals surface area contributed by atoms with Crippen LogP contribution in [0.3, 0.4) is 0 Å². The number of rotatable bonds is 5. The summed E-state index contributed by atoms with van der Waals surface area (Å²) in [6, 6.07) is 3.43. The molecule has 0 atom stereocenters. The van der Waals surface area contributed by atoms with Gasteiger partial charge < -0.3 is 25.4 Å². The summed E-state index contributed by atoms with van der Waals surface area (Å²) in [6.45, 7) is -0.167. The van der Waals surface area contributed by atoms with Gasteiger partial charge in [-0.3, -0.25) is 4.79 Å². The van der Waals surface area contributed by atoms with Gasteiger partial charge in [0, 0.05) is 14.1 Å². The largest absolute Gasteiger partial charge is 0.495 e. The lowest BCUT2D eigenvalue weighted by Gasteiger charge is -2.13. The molecule has 0 aliphatic rings. The summed E-state index contributed by atoms with van der Waals surface area (Å²) in [7, 11) is 4.54. The molecule has 21 heavy (non-hydrogen) atoms. The number of nitrogens with zero attached hydrogens (tertiary/aromatic N) is 1. The first-order chi connectivity index (χ1) is 9.85. The SMILES string of the molecule is COc1ccc(C(=O)O)cc1NC(=O)NCC(=O)N(C)C. The van der Waals surface area contributed by atoms with Crippen LogP contribution in [0.4, 0.5) is 10.5 Å². The van der Waals surface area contributed by atoms with Gasteiger partial charge in [-0.05, 0) is 18.2 Å². The predicted molar refractivity (Wildman–Crippen MR) is 75.7 cm³/mol. The molecule has 0 fully saturated rings. The second-order valence-corrected chi connectivity index (χ2v) is 4.32. The van der Waals surface area contributed by atoms with Crippen molar-refractivity contribution in [3.63, 3.8) is 0 Å². The average molecular weight is 295 g/mol. The number of carbonyl (C=O) groups is 3. The van der Waals surface area contributed by atoms with Crippen molar-refractivity contribution in [3.8, 4) is 5.75 Å². The van der Waals surface area contributed by atoms with Crippen LogP contribution in [0.25, 0.3) is 0 Å². The van der Waals surface area contributed by atoms with Crippen LogP contribution < -0.4 is 15.4 Å². The zero-order chi connectivity index (χ0) is 16.0. The van der Waals surface area contributed by atoms with E-state index in [4.69, 9.17) is 9.84 Å². The number of hydrogen-bond acceptors (Lipinski definition) is 4. The molecule has 0 spiro atoms. The van der Waals surface area contributed by atoms with Gasteiger partial charge in [0.25, 0.3) is 0 Å². The number of urea groups is 1. The third-order valence-electron chi connectivity index (χ3n) is 2.59. The zero-order valence-electron chi connectivity index (χ0n) is 12.0. The quantitative estimate of drug-likeness (QED) is 0.737. The van der Waals surface area contributed by atoms with Crippen molar-refractivity contribution < 1.29 is 24.2 Å². The molecule has 0 heterocycles. The molecule has 0 saturated heterocycles. The van der Waals surface area contributed by atoms with Gasteiger partial charge in [0.1, 0.15) is 5.75 Å². The van der Waals surface area contributed by atoms with Crippen LogP contribution in [0.2, 0.25) is 0 Å². The van der Waals surface area contributed by atoms with Crippen LogP contribution in [0.5, 0.6) is 5.75 Å². The van der Waals surface area contributed by atoms with E-state index < -0.39 is 12.0 Å². The molecule has 1 aromatic rings. The summed E-state index contributed by atoms with van der Waals surface area (Å²) < 4.78 is 5.03. The van der Waals surface area contributed by atoms with E-state index in [1.807, 2.05) is 0 Å². The Morgan fingerprint density at radius 2 is 1.95 bits per heavy atom. The number of nitrogens with one attached hydrogen (secondary N) is 2. The number of ether oxygens (including phenoxy) is 1. The summed E-state index contributed by atoms with van der Waals surface area (Å²) in [5.41, 5.74) is 0.211. The summed E-state index contributed by atoms with van der Waals surface area (Å²) in [6.07, 6.45) is 0. The molecule has 0 aliphatic heterocycles. The summed E-state index contributed by atoms with van der Waals surface area (Å²) >= 11 is 0. The Morgan fingerprint density at radius 1 is 1.29 bits per heavy atom. The summed E-state index contributed by atoms with van der Waals surface area (Å²) in [5, 5.41) is 13.7. The molecule has 3 amide bonds. The smallest absolute Gasteiger partial charge is 0.335 e. The Kier molecular flexibility index (Phi) is 5.53. The van der Waals surface area contributed by atoms with E-state index >= 15 is 0 Å². The standard InChI is InChI=1S/C13H17N3O5/c1-16(2)11(17)7-14-13(20)15-9-6-8(12(18)19)4-5-10(9)21-3/h4-6H,7H2,1-3H3,(H,18,19)(H2,14,15,20). The fourth-order valence-electron chi connectivity index (χ4n) is 1.42. The number of methoxy groups -OCH3 is 1. The lowest BCUT2D eigenvalue weighted by atomic mass is 10.2. The molecule has 1 rings (SSSR count). The third kappa shape index (κ3) is 4.68. The van der Waals surface area contributed by atoms with Gasteiger partial charge in [0.2, 0.25) is 5.91 Å². The number of carboxylic acid groups (broad SMARTS) is 1. The van der Waals surface area contributed by atoms with Crippen molar-refractivity contribution in [2.24, 2.45) is 0 Å². The maximum atomic E-state index is 11.7. The minimum atomic E-state index is -1.12. The van der Waals surface area contributed by atoms with E-state index in [2.05, 4.69) is 10.6 Å². The molecule has 3 N–H and O–H groups in total. The van der Waals surface area contributed by atoms with Gasteiger partial charge >= 0.3 is 12.0 Å². The highest BCUT2D eigenvalue weighted by molar-refractivity contribution is 5.96. The number of hydrogen-bond donors (Lipinski definition) is 3. The number of carboxylic acids is 1. The Hall–Kier alpha value is -2.77. The second-order valence-electron chi connectivity index (χ2n) is 4.32. The van der Waals surface area contributed by atoms with Crippen molar-refractivity contribution in [1.29, 1.82) is 0 Å². The molecular formula is C13H17N3O5. The topological polar surface area (TPSA) is 108 Å². The Labute approximate surface area is 121 Å². The van der Waals surface area contributed by atoms with E-state index in [1.54, 1.807) is 14.1 Å². The Bertz CT molecular complexity index is 557. The third-order valence-corrected chi connectivity index (χ3v) is 2.59. The molecule has 8 heteroatoms. The van der Waals surface area contributed by atoms with Gasteiger partial charge in [-0.1, -0.05) is 0 Å². The number of carbonyl (C=O) groups excluding carboxylic acids is 2. The molecule has 8 nitrogen and oxygen atoms in total. The van der Waals surface area contributed by atoms with Gasteiger partial charge in [-0.25, -0.2) is 9.59 Å². The van der Waals surface area contributed by atoms with E-state index in [0.29, 0.717) is 5.75 Å². The first-order valence-electron chi connectivity index (χ1n) is 6.01. The monoisotopic (exact) mass is 295 g/mol. The minimum Gasteiger partial charge on any atom is -0.495 e. The highest BCUT2D eigenvalue weighted by atomic mass is 16.5. The highest BCUT2D eigenvalue weighted by Gasteiger charge is 2.12. The number of anilines is 1. The predicted octanol–water partition coefficient (Wildman–Crippen LogP) is 0.603. The lowest BCUT2D eigenvalue weighted by molar-refractivity contribution is -0.127. The maximum absolute atomic E-state index is 11.7. The van der Waals surface area contributed by atoms with Crippen molar-refractivity contribution in [2.45, 2.75) is 0 Å². The summed E-state index contributed by atoms with van der Waals surface area (Å²) in [5.74, 6) is -1.07. The van der Waals surface area contributed by atoms with Crippen LogP contribution in [-0.4, -0.2) is 55.7 Å². The van der Waals surface area contributed by atoms with Crippen LogP contribution in [0.15, 0.2) is 18.2 Å². The van der Waals surface area contributed by atoms with Gasteiger partial charge in [0.15, 0.2) is 0 Å². The van der Waals surface area contributed by atoms with Crippen LogP contribution >= 0.6 is 0 Å². The molecule has 0 aliphatic carbocycles. The molecular weight excluding hydrogens is 278 g/mol. The number of benzene rings is 1. The lowest BCUT2D eigenvalue weighted by Crippen LogP contribution is -2.38. The number of likely N-dealkylation sites (N-methyl/N-ethyl adjacent to an activating group) is 1. The van der Waals surface area contributed by atoms with E-state index in [0.717, 1.165) is 0 Å². The first-order valence-corrected chi connectivity index (χ1v) is 6.01. The molecule has 0 unspecified atom stereocenters. The van der Waals surface area contributed by atoms with E-state index in [1.165, 1.54) is 30.2 Å². The molecule has 1 aromatic carbocycles. The molecule has 0 saturated carbocycles. The van der Waals surface area contributed by atoms with Crippen LogP contribution in [0, 0.1) is 0 Å². The highest BCUT2D eigenvalue weighted by Crippen LogP contribution is 2.25. The first kappa shape index (κ1) is 16.3. The van der Waals surface area contributed by atoms with Crippen molar-refractivity contribution in [1.82, 2.24) is 10.2 Å². The number of aromatic carboxylic acids is 1. The van der Waals surface area contributed by atoms with Gasteiger partial charge in [0.05, 0.1) is 24.9 Å². The Morgan fingerprint density at radius 3 is 2.48 bits per heavy atom. The summed E-state index contributed by atoms with van der Waals surface area (Å²) in [4.78, 5) is 35.3. The van der Waals surface area contributed by atoms with Gasteiger partial charge in [-0.2, -0.15) is 0 Å². The normalized spacial score (nSPS) is 9.67. The fourth-order valence-corrected chi connectivity index (χ4v) is 1.42. The van der Waals surface area contributed by atoms with Crippen molar-refractivity contribution in [2.75, 3.05) is 33.1 Å². The van der Waals surface area contributed by atoms with Crippen molar-refractivity contribution >= 4 is 23.6 Å². The van der Waals surface area contributed by atoms with E-state index in [9.17, 15) is 14.4 Å². The van der Waals surface area contributed by atoms with Crippen molar-refractivity contribution in [3.05, 3.63) is 23.8 Å². The minimum absolute atomic E-state index is 0.00969. The Balaban J connectivity index is 2.76. The van der Waals surface area contributed by atoms with Crippen LogP contribution in [-0.2, 0) is 4.79 Å². The van der Waals surface area contributed by atoms with E-state index in [-0.39, 0.29) is 23.7 Å². The van der Waals surface area contributed by atoms with Gasteiger partial charge in [-0.15, -0.1) is 0 Å². The fraction of sp³-hybridized carbons (Fsp3) is 0.308. The van der Waals surface area contributed by atoms with Crippen LogP contribution in [0.1, 0.15) is 10.4 Å².